The van der Waals surface area contributed by atoms with Gasteiger partial charge in [0.2, 0.25) is 5.95 Å². The molecular formula is C14H11ClFN3. The first-order valence-corrected chi connectivity index (χ1v) is 6.14. The molecular weight excluding hydrogens is 265 g/mol. The molecule has 0 atom stereocenters. The smallest absolute Gasteiger partial charge is 0.205 e. The van der Waals surface area contributed by atoms with Gasteiger partial charge in [-0.05, 0) is 36.8 Å². The van der Waals surface area contributed by atoms with Crippen molar-refractivity contribution in [3.63, 3.8) is 0 Å². The maximum absolute atomic E-state index is 13.2. The lowest BCUT2D eigenvalue weighted by atomic mass is 10.2. The van der Waals surface area contributed by atoms with Crippen LogP contribution < -0.4 is 5.73 Å². The molecule has 19 heavy (non-hydrogen) atoms. The number of fused-ring (bicyclic) bond motifs is 1. The summed E-state index contributed by atoms with van der Waals surface area (Å²) in [5.74, 6) is -0.0999. The standard InChI is InChI=1S/C14H11ClFN3/c1-8-3-2-4-12-13(8)19(14(17)18-12)9-5-6-11(16)10(15)7-9/h2-7H,1H3,(H2,17,18). The van der Waals surface area contributed by atoms with Crippen molar-refractivity contribution in [3.8, 4) is 5.69 Å². The maximum Gasteiger partial charge on any atom is 0.205 e. The first-order valence-electron chi connectivity index (χ1n) is 5.77. The molecule has 3 nitrogen and oxygen atoms in total. The summed E-state index contributed by atoms with van der Waals surface area (Å²) in [4.78, 5) is 4.31. The number of para-hydroxylation sites is 1. The van der Waals surface area contributed by atoms with Crippen LogP contribution >= 0.6 is 11.6 Å². The highest BCUT2D eigenvalue weighted by Crippen LogP contribution is 2.27. The van der Waals surface area contributed by atoms with Gasteiger partial charge in [0, 0.05) is 0 Å². The Labute approximate surface area is 114 Å². The molecule has 3 rings (SSSR count). The van der Waals surface area contributed by atoms with Crippen molar-refractivity contribution in [1.29, 1.82) is 0 Å². The molecule has 2 aromatic carbocycles. The fraction of sp³-hybridized carbons (Fsp3) is 0.0714. The van der Waals surface area contributed by atoms with Crippen LogP contribution in [0.4, 0.5) is 10.3 Å². The number of anilines is 1. The number of hydrogen-bond acceptors (Lipinski definition) is 2. The number of hydrogen-bond donors (Lipinski definition) is 1. The van der Waals surface area contributed by atoms with Crippen molar-refractivity contribution in [2.75, 3.05) is 5.73 Å². The second-order valence-electron chi connectivity index (χ2n) is 4.35. The topological polar surface area (TPSA) is 43.8 Å². The van der Waals surface area contributed by atoms with E-state index in [-0.39, 0.29) is 5.02 Å². The van der Waals surface area contributed by atoms with Crippen LogP contribution in [0.25, 0.3) is 16.7 Å². The van der Waals surface area contributed by atoms with Crippen LogP contribution in [0.15, 0.2) is 36.4 Å². The molecule has 5 heteroatoms. The minimum absolute atomic E-state index is 0.0623. The Hall–Kier alpha value is -2.07. The molecule has 3 aromatic rings. The Morgan fingerprint density at radius 1 is 1.26 bits per heavy atom. The van der Waals surface area contributed by atoms with Gasteiger partial charge in [0.25, 0.3) is 0 Å². The van der Waals surface area contributed by atoms with E-state index in [9.17, 15) is 4.39 Å². The first kappa shape index (κ1) is 12.0. The zero-order chi connectivity index (χ0) is 13.6. The third-order valence-electron chi connectivity index (χ3n) is 3.07. The van der Waals surface area contributed by atoms with Crippen LogP contribution in [0.2, 0.25) is 5.02 Å². The molecule has 0 saturated heterocycles. The lowest BCUT2D eigenvalue weighted by Gasteiger charge is -2.08. The number of nitrogens with two attached hydrogens (primary N) is 1. The highest BCUT2D eigenvalue weighted by Gasteiger charge is 2.13. The zero-order valence-electron chi connectivity index (χ0n) is 10.2. The van der Waals surface area contributed by atoms with Crippen molar-refractivity contribution in [2.45, 2.75) is 6.92 Å². The number of aromatic nitrogens is 2. The van der Waals surface area contributed by atoms with Crippen LogP contribution in [-0.4, -0.2) is 9.55 Å². The number of benzene rings is 2. The number of nitrogens with zero attached hydrogens (tertiary/aromatic N) is 2. The van der Waals surface area contributed by atoms with E-state index in [1.54, 1.807) is 16.7 Å². The van der Waals surface area contributed by atoms with Gasteiger partial charge >= 0.3 is 0 Å². The normalized spacial score (nSPS) is 11.1. The quantitative estimate of drug-likeness (QED) is 0.736. The summed E-state index contributed by atoms with van der Waals surface area (Å²) >= 11 is 5.82. The van der Waals surface area contributed by atoms with Crippen LogP contribution in [0.3, 0.4) is 0 Å². The van der Waals surface area contributed by atoms with Crippen molar-refractivity contribution in [1.82, 2.24) is 9.55 Å². The fourth-order valence-electron chi connectivity index (χ4n) is 2.20. The molecule has 0 radical (unpaired) electrons. The van der Waals surface area contributed by atoms with E-state index < -0.39 is 5.82 Å². The molecule has 2 N–H and O–H groups in total. The highest BCUT2D eigenvalue weighted by molar-refractivity contribution is 6.30. The van der Waals surface area contributed by atoms with Gasteiger partial charge in [-0.2, -0.15) is 0 Å². The first-order chi connectivity index (χ1) is 9.08. The maximum atomic E-state index is 13.2. The third kappa shape index (κ3) is 1.85. The van der Waals surface area contributed by atoms with E-state index in [1.807, 2.05) is 25.1 Å². The van der Waals surface area contributed by atoms with E-state index in [0.717, 1.165) is 16.6 Å². The number of rotatable bonds is 1. The number of aryl methyl sites for hydroxylation is 1. The van der Waals surface area contributed by atoms with E-state index in [2.05, 4.69) is 4.98 Å². The summed E-state index contributed by atoms with van der Waals surface area (Å²) in [7, 11) is 0. The summed E-state index contributed by atoms with van der Waals surface area (Å²) in [5.41, 5.74) is 9.41. The zero-order valence-corrected chi connectivity index (χ0v) is 10.9. The second kappa shape index (κ2) is 4.24. The van der Waals surface area contributed by atoms with Crippen LogP contribution in [-0.2, 0) is 0 Å². The minimum atomic E-state index is -0.454. The molecule has 0 aliphatic rings. The van der Waals surface area contributed by atoms with E-state index >= 15 is 0 Å². The average molecular weight is 276 g/mol. The molecule has 1 heterocycles. The molecule has 0 aliphatic heterocycles. The lowest BCUT2D eigenvalue weighted by Crippen LogP contribution is -2.01. The highest BCUT2D eigenvalue weighted by atomic mass is 35.5. The Bertz CT molecular complexity index is 780. The average Bonchev–Trinajstić information content (AvgIpc) is 2.70. The molecule has 0 fully saturated rings. The van der Waals surface area contributed by atoms with Gasteiger partial charge in [0.1, 0.15) is 5.82 Å². The Morgan fingerprint density at radius 2 is 2.05 bits per heavy atom. The van der Waals surface area contributed by atoms with Crippen LogP contribution in [0, 0.1) is 12.7 Å². The van der Waals surface area contributed by atoms with Crippen molar-refractivity contribution in [3.05, 3.63) is 52.8 Å². The second-order valence-corrected chi connectivity index (χ2v) is 4.75. The van der Waals surface area contributed by atoms with E-state index in [0.29, 0.717) is 11.6 Å². The molecule has 0 spiro atoms. The number of nitrogen functional groups attached to an aromatic ring is 1. The Balaban J connectivity index is 2.35. The van der Waals surface area contributed by atoms with Crippen LogP contribution in [0.1, 0.15) is 5.56 Å². The predicted octanol–water partition coefficient (Wildman–Crippen LogP) is 3.71. The van der Waals surface area contributed by atoms with Crippen molar-refractivity contribution >= 4 is 28.6 Å². The van der Waals surface area contributed by atoms with Gasteiger partial charge in [-0.3, -0.25) is 4.57 Å². The van der Waals surface area contributed by atoms with Gasteiger partial charge in [0.15, 0.2) is 0 Å². The predicted molar refractivity (Wildman–Crippen MR) is 75.2 cm³/mol. The molecule has 0 amide bonds. The Morgan fingerprint density at radius 3 is 2.79 bits per heavy atom. The molecule has 0 aliphatic carbocycles. The summed E-state index contributed by atoms with van der Waals surface area (Å²) in [6.07, 6.45) is 0. The molecule has 0 bridgehead atoms. The minimum Gasteiger partial charge on any atom is -0.369 e. The number of imidazole rings is 1. The van der Waals surface area contributed by atoms with Gasteiger partial charge in [-0.25, -0.2) is 9.37 Å². The monoisotopic (exact) mass is 275 g/mol. The number of halogens is 2. The van der Waals surface area contributed by atoms with E-state index in [4.69, 9.17) is 17.3 Å². The van der Waals surface area contributed by atoms with Crippen LogP contribution in [0.5, 0.6) is 0 Å². The lowest BCUT2D eigenvalue weighted by molar-refractivity contribution is 0.628. The Kier molecular flexibility index (Phi) is 2.68. The SMILES string of the molecule is Cc1cccc2nc(N)n(-c3ccc(F)c(Cl)c3)c12. The van der Waals surface area contributed by atoms with Crippen molar-refractivity contribution < 1.29 is 4.39 Å². The molecule has 1 aromatic heterocycles. The van der Waals surface area contributed by atoms with Gasteiger partial charge in [0.05, 0.1) is 21.7 Å². The summed E-state index contributed by atoms with van der Waals surface area (Å²) < 4.78 is 15.0. The fourth-order valence-corrected chi connectivity index (χ4v) is 2.37. The van der Waals surface area contributed by atoms with E-state index in [1.165, 1.54) is 6.07 Å². The molecule has 96 valence electrons. The largest absolute Gasteiger partial charge is 0.369 e. The van der Waals surface area contributed by atoms with Gasteiger partial charge in [-0.15, -0.1) is 0 Å². The summed E-state index contributed by atoms with van der Waals surface area (Å²) in [6.45, 7) is 1.98. The van der Waals surface area contributed by atoms with Gasteiger partial charge in [-0.1, -0.05) is 23.7 Å². The van der Waals surface area contributed by atoms with Gasteiger partial charge < -0.3 is 5.73 Å². The van der Waals surface area contributed by atoms with Crippen molar-refractivity contribution in [2.24, 2.45) is 0 Å². The summed E-state index contributed by atoms with van der Waals surface area (Å²) in [5, 5.41) is 0.0623. The molecule has 0 saturated carbocycles. The third-order valence-corrected chi connectivity index (χ3v) is 3.36. The summed E-state index contributed by atoms with van der Waals surface area (Å²) in [6, 6.07) is 10.3. The molecule has 0 unspecified atom stereocenters.